The summed E-state index contributed by atoms with van der Waals surface area (Å²) in [5.41, 5.74) is 1.02. The third-order valence-corrected chi connectivity index (χ3v) is 6.84. The summed E-state index contributed by atoms with van der Waals surface area (Å²) in [4.78, 5) is 34.3. The minimum atomic E-state index is -0.297. The highest BCUT2D eigenvalue weighted by molar-refractivity contribution is 7.17. The number of thiazole rings is 1. The van der Waals surface area contributed by atoms with Gasteiger partial charge in [-0.2, -0.15) is 0 Å². The quantitative estimate of drug-likeness (QED) is 0.632. The molecule has 0 saturated carbocycles. The molecule has 1 saturated heterocycles. The van der Waals surface area contributed by atoms with E-state index in [1.54, 1.807) is 15.7 Å². The van der Waals surface area contributed by atoms with Crippen molar-refractivity contribution in [2.75, 3.05) is 26.2 Å². The topological polar surface area (TPSA) is 66.7 Å². The fourth-order valence-electron chi connectivity index (χ4n) is 4.18. The van der Waals surface area contributed by atoms with E-state index in [4.69, 9.17) is 0 Å². The van der Waals surface area contributed by atoms with E-state index in [1.165, 1.54) is 56.3 Å². The molecule has 0 spiro atoms. The maximum absolute atomic E-state index is 13.0. The Hall–Kier alpha value is -1.73. The molecular formula is C20H28N4O2S. The Kier molecular flexibility index (Phi) is 5.88. The Morgan fingerprint density at radius 2 is 1.89 bits per heavy atom. The number of aryl methyl sites for hydroxylation is 2. The molecule has 0 atom stereocenters. The van der Waals surface area contributed by atoms with Gasteiger partial charge in [-0.3, -0.25) is 14.0 Å². The molecule has 2 aromatic heterocycles. The first-order chi connectivity index (χ1) is 13.2. The molecule has 1 aliphatic heterocycles. The molecule has 1 amide bonds. The number of hydrogen-bond acceptors (Lipinski definition) is 5. The molecule has 146 valence electrons. The maximum Gasteiger partial charge on any atom is 0.271 e. The molecule has 0 radical (unpaired) electrons. The van der Waals surface area contributed by atoms with Crippen LogP contribution in [0.4, 0.5) is 0 Å². The van der Waals surface area contributed by atoms with Crippen molar-refractivity contribution in [2.24, 2.45) is 0 Å². The van der Waals surface area contributed by atoms with Gasteiger partial charge in [0.05, 0.1) is 0 Å². The molecule has 6 nitrogen and oxygen atoms in total. The van der Waals surface area contributed by atoms with Crippen LogP contribution in [0.2, 0.25) is 0 Å². The van der Waals surface area contributed by atoms with Gasteiger partial charge in [-0.15, -0.1) is 11.3 Å². The third kappa shape index (κ3) is 4.09. The van der Waals surface area contributed by atoms with Crippen molar-refractivity contribution >= 4 is 22.2 Å². The number of rotatable bonds is 5. The molecule has 1 fully saturated rings. The van der Waals surface area contributed by atoms with E-state index in [-0.39, 0.29) is 17.0 Å². The first-order valence-electron chi connectivity index (χ1n) is 10.3. The second-order valence-electron chi connectivity index (χ2n) is 7.64. The van der Waals surface area contributed by atoms with Crippen LogP contribution in [0, 0.1) is 0 Å². The lowest BCUT2D eigenvalue weighted by Gasteiger charge is -2.26. The average Bonchev–Trinajstić information content (AvgIpc) is 2.89. The van der Waals surface area contributed by atoms with Crippen LogP contribution in [0.1, 0.15) is 65.9 Å². The maximum atomic E-state index is 13.0. The van der Waals surface area contributed by atoms with E-state index >= 15 is 0 Å². The lowest BCUT2D eigenvalue weighted by molar-refractivity contribution is 0.0949. The van der Waals surface area contributed by atoms with E-state index in [9.17, 15) is 9.59 Å². The van der Waals surface area contributed by atoms with Crippen molar-refractivity contribution in [3.8, 4) is 0 Å². The van der Waals surface area contributed by atoms with Crippen LogP contribution in [0.15, 0.2) is 11.0 Å². The zero-order chi connectivity index (χ0) is 18.6. The Morgan fingerprint density at radius 1 is 1.11 bits per heavy atom. The summed E-state index contributed by atoms with van der Waals surface area (Å²) in [5, 5.41) is 2.91. The minimum Gasteiger partial charge on any atom is -0.352 e. The van der Waals surface area contributed by atoms with Crippen molar-refractivity contribution < 1.29 is 4.79 Å². The summed E-state index contributed by atoms with van der Waals surface area (Å²) in [6.07, 6.45) is 11.6. The molecule has 3 heterocycles. The molecule has 0 unspecified atom stereocenters. The second-order valence-corrected chi connectivity index (χ2v) is 8.70. The fourth-order valence-corrected chi connectivity index (χ4v) is 5.35. The van der Waals surface area contributed by atoms with Crippen molar-refractivity contribution in [3.05, 3.63) is 32.7 Å². The largest absolute Gasteiger partial charge is 0.352 e. The number of carbonyl (C=O) groups is 1. The number of fused-ring (bicyclic) bond motifs is 3. The summed E-state index contributed by atoms with van der Waals surface area (Å²) in [6.45, 7) is 3.94. The summed E-state index contributed by atoms with van der Waals surface area (Å²) in [6, 6.07) is 0. The average molecular weight is 389 g/mol. The number of nitrogens with one attached hydrogen (secondary N) is 1. The lowest BCUT2D eigenvalue weighted by atomic mass is 10.1. The first-order valence-corrected chi connectivity index (χ1v) is 11.1. The van der Waals surface area contributed by atoms with Crippen LogP contribution in [0.3, 0.4) is 0 Å². The SMILES string of the molecule is O=C(NCCCN1CCCCC1)c1cnc2sc3c(n2c1=O)CCCCC3. The lowest BCUT2D eigenvalue weighted by Crippen LogP contribution is -2.35. The van der Waals surface area contributed by atoms with Gasteiger partial charge in [0.1, 0.15) is 5.56 Å². The number of nitrogens with zero attached hydrogens (tertiary/aromatic N) is 3. The second kappa shape index (κ2) is 8.52. The fraction of sp³-hybridized carbons (Fsp3) is 0.650. The Morgan fingerprint density at radius 3 is 2.74 bits per heavy atom. The van der Waals surface area contributed by atoms with Crippen molar-refractivity contribution in [1.29, 1.82) is 0 Å². The molecule has 0 aromatic carbocycles. The van der Waals surface area contributed by atoms with Gasteiger partial charge >= 0.3 is 0 Å². The van der Waals surface area contributed by atoms with Gasteiger partial charge < -0.3 is 10.2 Å². The third-order valence-electron chi connectivity index (χ3n) is 5.68. The zero-order valence-corrected chi connectivity index (χ0v) is 16.7. The number of hydrogen-bond donors (Lipinski definition) is 1. The molecule has 2 aromatic rings. The number of likely N-dealkylation sites (tertiary alicyclic amines) is 1. The highest BCUT2D eigenvalue weighted by Gasteiger charge is 2.20. The molecule has 7 heteroatoms. The number of amides is 1. The van der Waals surface area contributed by atoms with Crippen LogP contribution in [0.25, 0.3) is 4.96 Å². The summed E-state index contributed by atoms with van der Waals surface area (Å²) in [7, 11) is 0. The van der Waals surface area contributed by atoms with Gasteiger partial charge in [-0.1, -0.05) is 12.8 Å². The number of carbonyl (C=O) groups excluding carboxylic acids is 1. The smallest absolute Gasteiger partial charge is 0.271 e. The monoisotopic (exact) mass is 388 g/mol. The van der Waals surface area contributed by atoms with Crippen molar-refractivity contribution in [2.45, 2.75) is 57.8 Å². The van der Waals surface area contributed by atoms with Gasteiger partial charge in [-0.05, 0) is 64.6 Å². The molecule has 0 bridgehead atoms. The predicted molar refractivity (Wildman–Crippen MR) is 108 cm³/mol. The molecule has 2 aliphatic rings. The summed E-state index contributed by atoms with van der Waals surface area (Å²) in [5.74, 6) is -0.297. The van der Waals surface area contributed by atoms with Gasteiger partial charge in [0.15, 0.2) is 4.96 Å². The van der Waals surface area contributed by atoms with Gasteiger partial charge in [0, 0.05) is 23.3 Å². The van der Waals surface area contributed by atoms with Gasteiger partial charge in [0.2, 0.25) is 0 Å². The minimum absolute atomic E-state index is 0.162. The van der Waals surface area contributed by atoms with Crippen LogP contribution in [-0.4, -0.2) is 46.4 Å². The van der Waals surface area contributed by atoms with E-state index in [0.29, 0.717) is 11.5 Å². The predicted octanol–water partition coefficient (Wildman–Crippen LogP) is 2.63. The Labute approximate surface area is 163 Å². The van der Waals surface area contributed by atoms with Gasteiger partial charge in [0.25, 0.3) is 11.5 Å². The molecular weight excluding hydrogens is 360 g/mol. The Balaban J connectivity index is 1.43. The molecule has 4 rings (SSSR count). The Bertz CT molecular complexity index is 867. The summed E-state index contributed by atoms with van der Waals surface area (Å²) >= 11 is 1.60. The van der Waals surface area contributed by atoms with Crippen LogP contribution < -0.4 is 10.9 Å². The first kappa shape index (κ1) is 18.6. The van der Waals surface area contributed by atoms with E-state index in [0.717, 1.165) is 37.9 Å². The number of aromatic nitrogens is 2. The number of piperidine rings is 1. The van der Waals surface area contributed by atoms with Crippen LogP contribution in [0.5, 0.6) is 0 Å². The highest BCUT2D eigenvalue weighted by atomic mass is 32.1. The molecule has 1 N–H and O–H groups in total. The van der Waals surface area contributed by atoms with E-state index in [2.05, 4.69) is 15.2 Å². The normalized spacial score (nSPS) is 18.2. The van der Waals surface area contributed by atoms with Crippen molar-refractivity contribution in [1.82, 2.24) is 19.6 Å². The van der Waals surface area contributed by atoms with Crippen molar-refractivity contribution in [3.63, 3.8) is 0 Å². The van der Waals surface area contributed by atoms with Crippen LogP contribution >= 0.6 is 11.3 Å². The standard InChI is InChI=1S/C20H28N4O2S/c25-18(21-10-7-13-23-11-5-2-6-12-23)15-14-22-20-24(19(15)26)16-8-3-1-4-9-17(16)27-20/h14H,1-13H2,(H,21,25). The molecule has 1 aliphatic carbocycles. The van der Waals surface area contributed by atoms with Gasteiger partial charge in [-0.25, -0.2) is 4.98 Å². The highest BCUT2D eigenvalue weighted by Crippen LogP contribution is 2.27. The van der Waals surface area contributed by atoms with E-state index in [1.807, 2.05) is 0 Å². The summed E-state index contributed by atoms with van der Waals surface area (Å²) < 4.78 is 1.69. The van der Waals surface area contributed by atoms with Crippen LogP contribution in [-0.2, 0) is 12.8 Å². The molecule has 27 heavy (non-hydrogen) atoms. The van der Waals surface area contributed by atoms with E-state index < -0.39 is 0 Å². The zero-order valence-electron chi connectivity index (χ0n) is 15.8.